The average Bonchev–Trinajstić information content (AvgIpc) is 2.40. The maximum absolute atomic E-state index is 11.6. The zero-order valence-corrected chi connectivity index (χ0v) is 11.8. The molecular formula is C15H22N2O3. The molecule has 0 aliphatic carbocycles. The number of aryl methyl sites for hydroxylation is 1. The number of carbonyl (C=O) groups excluding carboxylic acids is 1. The molecule has 1 aromatic rings. The number of carbonyl (C=O) groups is 2. The molecule has 5 nitrogen and oxygen atoms in total. The summed E-state index contributed by atoms with van der Waals surface area (Å²) in [6, 6.07) is 7.82. The van der Waals surface area contributed by atoms with E-state index in [-0.39, 0.29) is 18.9 Å². The molecule has 3 N–H and O–H groups in total. The van der Waals surface area contributed by atoms with Crippen LogP contribution in [0.25, 0.3) is 0 Å². The van der Waals surface area contributed by atoms with Crippen LogP contribution in [-0.4, -0.2) is 30.1 Å². The fourth-order valence-electron chi connectivity index (χ4n) is 1.82. The van der Waals surface area contributed by atoms with Gasteiger partial charge in [0.1, 0.15) is 0 Å². The lowest BCUT2D eigenvalue weighted by molar-refractivity contribution is -0.137. The van der Waals surface area contributed by atoms with E-state index in [0.717, 1.165) is 18.5 Å². The molecule has 1 aromatic carbocycles. The molecule has 0 fully saturated rings. The molecule has 0 radical (unpaired) electrons. The molecule has 0 saturated heterocycles. The summed E-state index contributed by atoms with van der Waals surface area (Å²) in [5.74, 6) is -0.938. The van der Waals surface area contributed by atoms with Gasteiger partial charge in [-0.15, -0.1) is 0 Å². The molecule has 1 amide bonds. The highest BCUT2D eigenvalue weighted by molar-refractivity contribution is 5.92. The van der Waals surface area contributed by atoms with Crippen molar-refractivity contribution in [1.29, 1.82) is 0 Å². The Bertz CT molecular complexity index is 429. The lowest BCUT2D eigenvalue weighted by Crippen LogP contribution is -2.29. The van der Waals surface area contributed by atoms with E-state index in [1.165, 1.54) is 5.56 Å². The highest BCUT2D eigenvalue weighted by Crippen LogP contribution is 2.10. The van der Waals surface area contributed by atoms with Gasteiger partial charge in [-0.2, -0.15) is 0 Å². The fourth-order valence-corrected chi connectivity index (χ4v) is 1.82. The minimum Gasteiger partial charge on any atom is -0.481 e. The number of benzene rings is 1. The minimum atomic E-state index is -0.816. The summed E-state index contributed by atoms with van der Waals surface area (Å²) in [6.45, 7) is 2.84. The normalized spacial score (nSPS) is 10.2. The summed E-state index contributed by atoms with van der Waals surface area (Å²) in [6.07, 6.45) is 2.78. The topological polar surface area (TPSA) is 78.4 Å². The van der Waals surface area contributed by atoms with Crippen molar-refractivity contribution in [3.8, 4) is 0 Å². The second kappa shape index (κ2) is 9.09. The third-order valence-electron chi connectivity index (χ3n) is 2.81. The van der Waals surface area contributed by atoms with Gasteiger partial charge >= 0.3 is 5.97 Å². The lowest BCUT2D eigenvalue weighted by Gasteiger charge is -2.07. The van der Waals surface area contributed by atoms with Crippen LogP contribution in [0.4, 0.5) is 5.69 Å². The highest BCUT2D eigenvalue weighted by atomic mass is 16.4. The molecule has 20 heavy (non-hydrogen) atoms. The molecule has 0 heterocycles. The van der Waals surface area contributed by atoms with E-state index < -0.39 is 5.97 Å². The van der Waals surface area contributed by atoms with E-state index in [1.807, 2.05) is 24.3 Å². The van der Waals surface area contributed by atoms with Gasteiger partial charge in [-0.1, -0.05) is 25.5 Å². The maximum atomic E-state index is 11.6. The first-order valence-corrected chi connectivity index (χ1v) is 6.93. The van der Waals surface area contributed by atoms with Crippen molar-refractivity contribution in [3.63, 3.8) is 0 Å². The second-order valence-electron chi connectivity index (χ2n) is 4.67. The van der Waals surface area contributed by atoms with Crippen LogP contribution in [0.15, 0.2) is 24.3 Å². The third kappa shape index (κ3) is 6.89. The van der Waals surface area contributed by atoms with Crippen LogP contribution >= 0.6 is 0 Å². The monoisotopic (exact) mass is 278 g/mol. The van der Waals surface area contributed by atoms with Crippen LogP contribution < -0.4 is 10.6 Å². The molecule has 1 rings (SSSR count). The van der Waals surface area contributed by atoms with Gasteiger partial charge < -0.3 is 15.7 Å². The molecule has 0 aromatic heterocycles. The summed E-state index contributed by atoms with van der Waals surface area (Å²) in [5, 5.41) is 14.2. The standard InChI is InChI=1S/C15H22N2O3/c1-2-4-12-6-8-13(9-7-12)17-14(18)11-16-10-3-5-15(19)20/h6-9,16H,2-5,10-11H2,1H3,(H,17,18)(H,19,20). The first-order chi connectivity index (χ1) is 9.61. The highest BCUT2D eigenvalue weighted by Gasteiger charge is 2.02. The van der Waals surface area contributed by atoms with E-state index in [1.54, 1.807) is 0 Å². The number of carboxylic acids is 1. The van der Waals surface area contributed by atoms with Gasteiger partial charge in [-0.05, 0) is 37.1 Å². The lowest BCUT2D eigenvalue weighted by atomic mass is 10.1. The average molecular weight is 278 g/mol. The van der Waals surface area contributed by atoms with Crippen LogP contribution in [0.1, 0.15) is 31.7 Å². The Morgan fingerprint density at radius 2 is 1.90 bits per heavy atom. The number of hydrogen-bond acceptors (Lipinski definition) is 3. The molecule has 0 spiro atoms. The number of carboxylic acid groups (broad SMARTS) is 1. The van der Waals surface area contributed by atoms with Crippen molar-refractivity contribution in [1.82, 2.24) is 5.32 Å². The van der Waals surface area contributed by atoms with Gasteiger partial charge in [0, 0.05) is 12.1 Å². The van der Waals surface area contributed by atoms with Crippen molar-refractivity contribution in [2.45, 2.75) is 32.6 Å². The van der Waals surface area contributed by atoms with Crippen molar-refractivity contribution < 1.29 is 14.7 Å². The van der Waals surface area contributed by atoms with Crippen molar-refractivity contribution in [2.75, 3.05) is 18.4 Å². The fraction of sp³-hybridized carbons (Fsp3) is 0.467. The second-order valence-corrected chi connectivity index (χ2v) is 4.67. The zero-order valence-electron chi connectivity index (χ0n) is 11.8. The van der Waals surface area contributed by atoms with Crippen LogP contribution in [-0.2, 0) is 16.0 Å². The van der Waals surface area contributed by atoms with Crippen LogP contribution in [0, 0.1) is 0 Å². The van der Waals surface area contributed by atoms with E-state index in [9.17, 15) is 9.59 Å². The van der Waals surface area contributed by atoms with Crippen LogP contribution in [0.5, 0.6) is 0 Å². The zero-order chi connectivity index (χ0) is 14.8. The summed E-state index contributed by atoms with van der Waals surface area (Å²) in [7, 11) is 0. The Balaban J connectivity index is 2.22. The van der Waals surface area contributed by atoms with E-state index in [4.69, 9.17) is 5.11 Å². The van der Waals surface area contributed by atoms with Gasteiger partial charge in [-0.3, -0.25) is 9.59 Å². The molecular weight excluding hydrogens is 256 g/mol. The summed E-state index contributed by atoms with van der Waals surface area (Å²) in [4.78, 5) is 21.9. The van der Waals surface area contributed by atoms with Gasteiger partial charge in [0.05, 0.1) is 6.54 Å². The first-order valence-electron chi connectivity index (χ1n) is 6.93. The molecule has 0 aliphatic heterocycles. The largest absolute Gasteiger partial charge is 0.481 e. The summed E-state index contributed by atoms with van der Waals surface area (Å²) >= 11 is 0. The molecule has 0 bridgehead atoms. The van der Waals surface area contributed by atoms with Gasteiger partial charge in [0.15, 0.2) is 0 Å². The number of hydrogen-bond donors (Lipinski definition) is 3. The molecule has 110 valence electrons. The minimum absolute atomic E-state index is 0.119. The van der Waals surface area contributed by atoms with Crippen LogP contribution in [0.2, 0.25) is 0 Å². The van der Waals surface area contributed by atoms with Crippen molar-refractivity contribution >= 4 is 17.6 Å². The number of rotatable bonds is 9. The Hall–Kier alpha value is -1.88. The molecule has 0 unspecified atom stereocenters. The Morgan fingerprint density at radius 3 is 2.50 bits per heavy atom. The number of anilines is 1. The van der Waals surface area contributed by atoms with Gasteiger partial charge in [0.2, 0.25) is 5.91 Å². The van der Waals surface area contributed by atoms with Gasteiger partial charge in [-0.25, -0.2) is 0 Å². The maximum Gasteiger partial charge on any atom is 0.303 e. The Labute approximate surface area is 119 Å². The number of nitrogens with one attached hydrogen (secondary N) is 2. The SMILES string of the molecule is CCCc1ccc(NC(=O)CNCCCC(=O)O)cc1. The van der Waals surface area contributed by atoms with E-state index in [0.29, 0.717) is 13.0 Å². The molecule has 0 saturated carbocycles. The molecule has 0 aliphatic rings. The van der Waals surface area contributed by atoms with Crippen LogP contribution in [0.3, 0.4) is 0 Å². The Kier molecular flexibility index (Phi) is 7.35. The van der Waals surface area contributed by atoms with E-state index in [2.05, 4.69) is 17.6 Å². The Morgan fingerprint density at radius 1 is 1.20 bits per heavy atom. The van der Waals surface area contributed by atoms with Crippen molar-refractivity contribution in [2.24, 2.45) is 0 Å². The predicted molar refractivity (Wildman–Crippen MR) is 78.8 cm³/mol. The van der Waals surface area contributed by atoms with E-state index >= 15 is 0 Å². The van der Waals surface area contributed by atoms with Crippen molar-refractivity contribution in [3.05, 3.63) is 29.8 Å². The molecule has 0 atom stereocenters. The third-order valence-corrected chi connectivity index (χ3v) is 2.81. The summed E-state index contributed by atoms with van der Waals surface area (Å²) in [5.41, 5.74) is 2.04. The number of aliphatic carboxylic acids is 1. The number of amides is 1. The smallest absolute Gasteiger partial charge is 0.303 e. The summed E-state index contributed by atoms with van der Waals surface area (Å²) < 4.78 is 0. The molecule has 5 heteroatoms. The van der Waals surface area contributed by atoms with Gasteiger partial charge in [0.25, 0.3) is 0 Å². The predicted octanol–water partition coefficient (Wildman–Crippen LogP) is 2.03. The quantitative estimate of drug-likeness (QED) is 0.604. The first kappa shape index (κ1) is 16.2.